The lowest BCUT2D eigenvalue weighted by Gasteiger charge is -2.40. The highest BCUT2D eigenvalue weighted by Gasteiger charge is 2.36. The molecule has 0 atom stereocenters. The van der Waals surface area contributed by atoms with E-state index in [1.54, 1.807) is 29.4 Å². The van der Waals surface area contributed by atoms with E-state index in [4.69, 9.17) is 4.74 Å². The molecule has 3 aromatic rings. The molecule has 2 aromatic heterocycles. The van der Waals surface area contributed by atoms with E-state index in [0.717, 1.165) is 35.5 Å². The summed E-state index contributed by atoms with van der Waals surface area (Å²) in [5, 5.41) is 9.66. The maximum Gasteiger partial charge on any atom is 0.410 e. The van der Waals surface area contributed by atoms with Crippen LogP contribution in [0.5, 0.6) is 0 Å². The second-order valence-corrected chi connectivity index (χ2v) is 11.8. The van der Waals surface area contributed by atoms with Gasteiger partial charge in [-0.15, -0.1) is 0 Å². The molecular formula is C30H36N6O3. The summed E-state index contributed by atoms with van der Waals surface area (Å²) in [6.07, 6.45) is 4.05. The number of ether oxygens (including phenoxy) is 1. The number of hydrogen-bond acceptors (Lipinski definition) is 7. The molecule has 0 radical (unpaired) electrons. The lowest BCUT2D eigenvalue weighted by atomic mass is 9.78. The molecule has 5 rings (SSSR count). The normalized spacial score (nSPS) is 15.6. The molecule has 2 aliphatic rings. The number of carbonyl (C=O) groups is 2. The third-order valence-corrected chi connectivity index (χ3v) is 7.01. The van der Waals surface area contributed by atoms with Crippen LogP contribution >= 0.6 is 0 Å². The van der Waals surface area contributed by atoms with Crippen LogP contribution in [0.4, 0.5) is 22.1 Å². The van der Waals surface area contributed by atoms with Gasteiger partial charge >= 0.3 is 6.09 Å². The number of anilines is 3. The molecule has 0 unspecified atom stereocenters. The van der Waals surface area contributed by atoms with Crippen molar-refractivity contribution in [2.75, 3.05) is 29.0 Å². The van der Waals surface area contributed by atoms with Crippen molar-refractivity contribution in [1.29, 1.82) is 0 Å². The molecule has 39 heavy (non-hydrogen) atoms. The van der Waals surface area contributed by atoms with Gasteiger partial charge in [-0.25, -0.2) is 14.8 Å². The number of carbonyl (C=O) groups excluding carboxylic acids is 2. The van der Waals surface area contributed by atoms with Gasteiger partial charge in [0.2, 0.25) is 0 Å². The summed E-state index contributed by atoms with van der Waals surface area (Å²) < 4.78 is 5.63. The number of benzene rings is 1. The Kier molecular flexibility index (Phi) is 6.92. The Morgan fingerprint density at radius 1 is 1.13 bits per heavy atom. The highest BCUT2D eigenvalue weighted by Crippen LogP contribution is 2.35. The summed E-state index contributed by atoms with van der Waals surface area (Å²) in [6.45, 7) is 12.2. The molecule has 0 spiro atoms. The zero-order valence-electron chi connectivity index (χ0n) is 23.2. The molecule has 4 heterocycles. The van der Waals surface area contributed by atoms with Crippen molar-refractivity contribution in [3.8, 4) is 0 Å². The van der Waals surface area contributed by atoms with Crippen molar-refractivity contribution in [3.63, 3.8) is 0 Å². The topological polar surface area (TPSA) is 108 Å². The van der Waals surface area contributed by atoms with Gasteiger partial charge in [0.15, 0.2) is 0 Å². The number of nitrogens with one attached hydrogen (secondary N) is 3. The van der Waals surface area contributed by atoms with Crippen LogP contribution in [-0.4, -0.2) is 45.6 Å². The van der Waals surface area contributed by atoms with E-state index in [1.807, 2.05) is 45.0 Å². The maximum atomic E-state index is 13.4. The molecule has 2 amide bonds. The van der Waals surface area contributed by atoms with E-state index in [0.29, 0.717) is 36.7 Å². The highest BCUT2D eigenvalue weighted by atomic mass is 16.6. The Morgan fingerprint density at radius 2 is 1.95 bits per heavy atom. The van der Waals surface area contributed by atoms with E-state index < -0.39 is 5.60 Å². The first-order valence-corrected chi connectivity index (χ1v) is 13.3. The van der Waals surface area contributed by atoms with Gasteiger partial charge in [0.05, 0.1) is 5.56 Å². The van der Waals surface area contributed by atoms with Gasteiger partial charge in [-0.2, -0.15) is 0 Å². The number of hydrogen-bond donors (Lipinski definition) is 3. The van der Waals surface area contributed by atoms with Gasteiger partial charge in [0, 0.05) is 55.2 Å². The molecule has 204 valence electrons. The zero-order chi connectivity index (χ0) is 27.8. The standard InChI is InChI=1S/C30H36N6O3/c1-29(2,3)39-28(38)36-17-20-15-21(8-9-24(20)30(4,5)18-36)35-27(37)23-7-6-12-31-26(23)34-16-19-10-13-32-25-22(19)11-14-33-25/h6-10,12-13,15H,11,14,16-18H2,1-5H3,(H,31,34)(H,32,33)(H,35,37). The lowest BCUT2D eigenvalue weighted by molar-refractivity contribution is 0.0174. The molecule has 2 aliphatic heterocycles. The Bertz CT molecular complexity index is 1410. The minimum atomic E-state index is -0.568. The summed E-state index contributed by atoms with van der Waals surface area (Å²) in [5.74, 6) is 1.18. The molecule has 1 aromatic carbocycles. The molecule has 9 nitrogen and oxygen atoms in total. The van der Waals surface area contributed by atoms with Crippen LogP contribution in [-0.2, 0) is 29.7 Å². The van der Waals surface area contributed by atoms with Gasteiger partial charge < -0.3 is 25.6 Å². The first kappa shape index (κ1) is 26.5. The van der Waals surface area contributed by atoms with Crippen molar-refractivity contribution < 1.29 is 14.3 Å². The number of pyridine rings is 2. The summed E-state index contributed by atoms with van der Waals surface area (Å²) in [6, 6.07) is 11.4. The minimum Gasteiger partial charge on any atom is -0.444 e. The molecule has 0 saturated carbocycles. The molecule has 0 saturated heterocycles. The second-order valence-electron chi connectivity index (χ2n) is 11.8. The quantitative estimate of drug-likeness (QED) is 0.410. The molecule has 0 fully saturated rings. The van der Waals surface area contributed by atoms with Gasteiger partial charge in [-0.1, -0.05) is 19.9 Å². The first-order valence-electron chi connectivity index (χ1n) is 13.3. The Hall–Kier alpha value is -4.14. The van der Waals surface area contributed by atoms with Crippen LogP contribution in [0, 0.1) is 0 Å². The third kappa shape index (κ3) is 5.82. The van der Waals surface area contributed by atoms with E-state index in [1.165, 1.54) is 5.56 Å². The maximum absolute atomic E-state index is 13.4. The van der Waals surface area contributed by atoms with E-state index in [9.17, 15) is 9.59 Å². The number of aromatic nitrogens is 2. The lowest BCUT2D eigenvalue weighted by Crippen LogP contribution is -2.46. The first-order chi connectivity index (χ1) is 18.5. The molecule has 3 N–H and O–H groups in total. The predicted octanol–water partition coefficient (Wildman–Crippen LogP) is 5.34. The van der Waals surface area contributed by atoms with Gasteiger partial charge in [-0.3, -0.25) is 4.79 Å². The fourth-order valence-electron chi connectivity index (χ4n) is 5.28. The summed E-state index contributed by atoms with van der Waals surface area (Å²) in [4.78, 5) is 36.8. The Morgan fingerprint density at radius 3 is 2.74 bits per heavy atom. The van der Waals surface area contributed by atoms with Gasteiger partial charge in [-0.05, 0) is 74.2 Å². The number of nitrogens with zero attached hydrogens (tertiary/aromatic N) is 3. The van der Waals surface area contributed by atoms with Crippen molar-refractivity contribution >= 4 is 29.3 Å². The Labute approximate surface area is 229 Å². The van der Waals surface area contributed by atoms with Crippen molar-refractivity contribution in [3.05, 3.63) is 76.6 Å². The second kappa shape index (κ2) is 10.2. The number of amides is 2. The van der Waals surface area contributed by atoms with Crippen LogP contribution in [0.2, 0.25) is 0 Å². The number of rotatable bonds is 5. The fourth-order valence-corrected chi connectivity index (χ4v) is 5.28. The van der Waals surface area contributed by atoms with Crippen LogP contribution in [0.3, 0.4) is 0 Å². The van der Waals surface area contributed by atoms with Crippen LogP contribution in [0.15, 0.2) is 48.8 Å². The van der Waals surface area contributed by atoms with Crippen LogP contribution in [0.25, 0.3) is 0 Å². The summed E-state index contributed by atoms with van der Waals surface area (Å²) >= 11 is 0. The average Bonchev–Trinajstić information content (AvgIpc) is 3.35. The monoisotopic (exact) mass is 528 g/mol. The van der Waals surface area contributed by atoms with Crippen molar-refractivity contribution in [2.24, 2.45) is 0 Å². The molecule has 9 heteroatoms. The van der Waals surface area contributed by atoms with Gasteiger partial charge in [0.25, 0.3) is 5.91 Å². The van der Waals surface area contributed by atoms with E-state index >= 15 is 0 Å². The highest BCUT2D eigenvalue weighted by molar-refractivity contribution is 6.07. The minimum absolute atomic E-state index is 0.254. The molecule has 0 bridgehead atoms. The van der Waals surface area contributed by atoms with Crippen LogP contribution < -0.4 is 16.0 Å². The predicted molar refractivity (Wildman–Crippen MR) is 152 cm³/mol. The van der Waals surface area contributed by atoms with E-state index in [-0.39, 0.29) is 17.4 Å². The summed E-state index contributed by atoms with van der Waals surface area (Å²) in [5.41, 5.74) is 4.77. The van der Waals surface area contributed by atoms with Crippen LogP contribution in [0.1, 0.15) is 67.2 Å². The molecular weight excluding hydrogens is 492 g/mol. The number of fused-ring (bicyclic) bond motifs is 2. The largest absolute Gasteiger partial charge is 0.444 e. The van der Waals surface area contributed by atoms with Gasteiger partial charge in [0.1, 0.15) is 17.2 Å². The van der Waals surface area contributed by atoms with Crippen molar-refractivity contribution in [1.82, 2.24) is 14.9 Å². The smallest absolute Gasteiger partial charge is 0.410 e. The summed E-state index contributed by atoms with van der Waals surface area (Å²) in [7, 11) is 0. The van der Waals surface area contributed by atoms with E-state index in [2.05, 4.69) is 39.8 Å². The SMILES string of the molecule is CC(C)(C)OC(=O)N1Cc2cc(NC(=O)c3cccnc3NCc3ccnc4c3CCN4)ccc2C(C)(C)C1. The molecule has 0 aliphatic carbocycles. The fraction of sp³-hybridized carbons (Fsp3) is 0.400. The van der Waals surface area contributed by atoms with Crippen molar-refractivity contribution in [2.45, 2.75) is 65.1 Å². The zero-order valence-corrected chi connectivity index (χ0v) is 23.2. The third-order valence-electron chi connectivity index (χ3n) is 7.01. The average molecular weight is 529 g/mol. The Balaban J connectivity index is 1.32.